The second kappa shape index (κ2) is 10.1. The number of rotatable bonds is 7. The molecule has 0 aliphatic heterocycles. The minimum absolute atomic E-state index is 0.174. The SMILES string of the molecule is COc1ccc(-c2nnc(NC(=O)C(NC(=O)c3cc(Cl)cc(Cl)c3)C(C)C)s2)cc1. The fourth-order valence-corrected chi connectivity index (χ4v) is 4.03. The maximum atomic E-state index is 12.8. The molecule has 1 atom stereocenters. The Labute approximate surface area is 193 Å². The van der Waals surface area contributed by atoms with Gasteiger partial charge in [-0.3, -0.25) is 14.9 Å². The van der Waals surface area contributed by atoms with Crippen molar-refractivity contribution in [1.82, 2.24) is 15.5 Å². The van der Waals surface area contributed by atoms with Gasteiger partial charge in [0.2, 0.25) is 11.0 Å². The first kappa shape index (κ1) is 23.0. The average Bonchev–Trinajstić information content (AvgIpc) is 3.19. The van der Waals surface area contributed by atoms with Crippen molar-refractivity contribution in [1.29, 1.82) is 0 Å². The van der Waals surface area contributed by atoms with Crippen LogP contribution in [0.5, 0.6) is 5.75 Å². The lowest BCUT2D eigenvalue weighted by Gasteiger charge is -2.21. The Morgan fingerprint density at radius 1 is 1.03 bits per heavy atom. The number of aromatic nitrogens is 2. The molecule has 1 aromatic heterocycles. The van der Waals surface area contributed by atoms with Gasteiger partial charge in [0, 0.05) is 21.2 Å². The number of benzene rings is 2. The van der Waals surface area contributed by atoms with Gasteiger partial charge in [0.05, 0.1) is 7.11 Å². The minimum Gasteiger partial charge on any atom is -0.497 e. The zero-order valence-corrected chi connectivity index (χ0v) is 19.3. The maximum absolute atomic E-state index is 12.8. The highest BCUT2D eigenvalue weighted by atomic mass is 35.5. The van der Waals surface area contributed by atoms with Crippen LogP contribution in [0.2, 0.25) is 10.0 Å². The first-order valence-electron chi connectivity index (χ1n) is 9.32. The van der Waals surface area contributed by atoms with E-state index in [0.717, 1.165) is 11.3 Å². The fraction of sp³-hybridized carbons (Fsp3) is 0.238. The van der Waals surface area contributed by atoms with E-state index in [0.29, 0.717) is 20.2 Å². The second-order valence-corrected chi connectivity index (χ2v) is 8.83. The van der Waals surface area contributed by atoms with Gasteiger partial charge in [-0.25, -0.2) is 0 Å². The van der Waals surface area contributed by atoms with Gasteiger partial charge in [0.15, 0.2) is 0 Å². The van der Waals surface area contributed by atoms with E-state index < -0.39 is 17.9 Å². The van der Waals surface area contributed by atoms with Crippen LogP contribution in [-0.2, 0) is 4.79 Å². The highest BCUT2D eigenvalue weighted by Gasteiger charge is 2.26. The molecule has 0 fully saturated rings. The van der Waals surface area contributed by atoms with Crippen molar-refractivity contribution < 1.29 is 14.3 Å². The molecular weight excluding hydrogens is 459 g/mol. The van der Waals surface area contributed by atoms with Gasteiger partial charge in [0.25, 0.3) is 5.91 Å². The van der Waals surface area contributed by atoms with Crippen molar-refractivity contribution in [2.45, 2.75) is 19.9 Å². The molecule has 162 valence electrons. The molecule has 3 rings (SSSR count). The molecule has 0 saturated heterocycles. The van der Waals surface area contributed by atoms with Gasteiger partial charge >= 0.3 is 0 Å². The average molecular weight is 479 g/mol. The van der Waals surface area contributed by atoms with E-state index in [1.165, 1.54) is 29.5 Å². The van der Waals surface area contributed by atoms with E-state index in [9.17, 15) is 9.59 Å². The van der Waals surface area contributed by atoms with Crippen LogP contribution in [-0.4, -0.2) is 35.2 Å². The first-order valence-corrected chi connectivity index (χ1v) is 10.9. The molecule has 0 aliphatic rings. The number of halogens is 2. The lowest BCUT2D eigenvalue weighted by molar-refractivity contribution is -0.118. The summed E-state index contributed by atoms with van der Waals surface area (Å²) in [5.41, 5.74) is 1.12. The molecule has 2 amide bonds. The summed E-state index contributed by atoms with van der Waals surface area (Å²) < 4.78 is 5.15. The number of methoxy groups -OCH3 is 1. The standard InChI is InChI=1S/C21H20Cl2N4O3S/c1-11(2)17(24-18(28)13-8-14(22)10-15(23)9-13)19(29)25-21-27-26-20(31-21)12-4-6-16(30-3)7-5-12/h4-11,17H,1-3H3,(H,24,28)(H,25,27,29). The summed E-state index contributed by atoms with van der Waals surface area (Å²) in [6.07, 6.45) is 0. The molecule has 2 N–H and O–H groups in total. The van der Waals surface area contributed by atoms with Crippen molar-refractivity contribution in [2.24, 2.45) is 5.92 Å². The highest BCUT2D eigenvalue weighted by molar-refractivity contribution is 7.18. The maximum Gasteiger partial charge on any atom is 0.252 e. The number of amides is 2. The summed E-state index contributed by atoms with van der Waals surface area (Å²) in [5.74, 6) is -0.283. The molecule has 0 spiro atoms. The van der Waals surface area contributed by atoms with E-state index in [1.54, 1.807) is 7.11 Å². The number of hydrogen-bond acceptors (Lipinski definition) is 6. The number of carbonyl (C=O) groups is 2. The number of carbonyl (C=O) groups excluding carboxylic acids is 2. The van der Waals surface area contributed by atoms with Crippen molar-refractivity contribution in [3.05, 3.63) is 58.1 Å². The quantitative estimate of drug-likeness (QED) is 0.502. The predicted molar refractivity (Wildman–Crippen MR) is 123 cm³/mol. The Hall–Kier alpha value is -2.68. The Kier molecular flexibility index (Phi) is 7.48. The molecule has 1 unspecified atom stereocenters. The molecule has 7 nitrogen and oxygen atoms in total. The van der Waals surface area contributed by atoms with Gasteiger partial charge in [-0.1, -0.05) is 48.4 Å². The summed E-state index contributed by atoms with van der Waals surface area (Å²) in [7, 11) is 1.60. The second-order valence-electron chi connectivity index (χ2n) is 6.98. The van der Waals surface area contributed by atoms with E-state index in [-0.39, 0.29) is 11.5 Å². The third-order valence-electron chi connectivity index (χ3n) is 4.35. The molecule has 0 saturated carbocycles. The predicted octanol–water partition coefficient (Wildman–Crippen LogP) is 4.91. The molecule has 1 heterocycles. The Morgan fingerprint density at radius 2 is 1.68 bits per heavy atom. The Morgan fingerprint density at radius 3 is 2.26 bits per heavy atom. The third-order valence-corrected chi connectivity index (χ3v) is 5.68. The molecule has 2 aromatic carbocycles. The van der Waals surface area contributed by atoms with Crippen molar-refractivity contribution in [3.8, 4) is 16.3 Å². The number of anilines is 1. The lowest BCUT2D eigenvalue weighted by atomic mass is 10.0. The van der Waals surface area contributed by atoms with Crippen LogP contribution in [0.4, 0.5) is 5.13 Å². The molecule has 0 radical (unpaired) electrons. The zero-order chi connectivity index (χ0) is 22.5. The van der Waals surface area contributed by atoms with Crippen molar-refractivity contribution >= 4 is 51.5 Å². The van der Waals surface area contributed by atoms with Crippen LogP contribution in [0, 0.1) is 5.92 Å². The van der Waals surface area contributed by atoms with Gasteiger partial charge < -0.3 is 10.1 Å². The Bertz CT molecular complexity index is 1070. The van der Waals surface area contributed by atoms with Gasteiger partial charge in [-0.2, -0.15) is 0 Å². The van der Waals surface area contributed by atoms with E-state index in [1.807, 2.05) is 38.1 Å². The van der Waals surface area contributed by atoms with Gasteiger partial charge in [-0.15, -0.1) is 10.2 Å². The van der Waals surface area contributed by atoms with Crippen LogP contribution in [0.1, 0.15) is 24.2 Å². The first-order chi connectivity index (χ1) is 14.8. The molecule has 10 heteroatoms. The molecule has 0 aliphatic carbocycles. The Balaban J connectivity index is 1.70. The molecular formula is C21H20Cl2N4O3S. The summed E-state index contributed by atoms with van der Waals surface area (Å²) in [6, 6.07) is 11.1. The number of nitrogens with zero attached hydrogens (tertiary/aromatic N) is 2. The molecule has 3 aromatic rings. The summed E-state index contributed by atoms with van der Waals surface area (Å²) >= 11 is 13.2. The van der Waals surface area contributed by atoms with Crippen LogP contribution >= 0.6 is 34.5 Å². The van der Waals surface area contributed by atoms with E-state index in [4.69, 9.17) is 27.9 Å². The van der Waals surface area contributed by atoms with E-state index in [2.05, 4.69) is 20.8 Å². The van der Waals surface area contributed by atoms with Gasteiger partial charge in [0.1, 0.15) is 16.8 Å². The third kappa shape index (κ3) is 5.94. The number of nitrogens with one attached hydrogen (secondary N) is 2. The van der Waals surface area contributed by atoms with Crippen LogP contribution in [0.3, 0.4) is 0 Å². The zero-order valence-electron chi connectivity index (χ0n) is 17.0. The van der Waals surface area contributed by atoms with Gasteiger partial charge in [-0.05, 0) is 48.4 Å². The molecule has 0 bridgehead atoms. The highest BCUT2D eigenvalue weighted by Crippen LogP contribution is 2.28. The lowest BCUT2D eigenvalue weighted by Crippen LogP contribution is -2.47. The van der Waals surface area contributed by atoms with Crippen molar-refractivity contribution in [2.75, 3.05) is 12.4 Å². The fourth-order valence-electron chi connectivity index (χ4n) is 2.75. The summed E-state index contributed by atoms with van der Waals surface area (Å²) in [4.78, 5) is 25.4. The summed E-state index contributed by atoms with van der Waals surface area (Å²) in [6.45, 7) is 3.66. The van der Waals surface area contributed by atoms with Crippen LogP contribution in [0.25, 0.3) is 10.6 Å². The monoisotopic (exact) mass is 478 g/mol. The van der Waals surface area contributed by atoms with Crippen LogP contribution in [0.15, 0.2) is 42.5 Å². The largest absolute Gasteiger partial charge is 0.497 e. The van der Waals surface area contributed by atoms with Crippen LogP contribution < -0.4 is 15.4 Å². The number of ether oxygens (including phenoxy) is 1. The summed E-state index contributed by atoms with van der Waals surface area (Å²) in [5, 5.41) is 15.3. The molecule has 31 heavy (non-hydrogen) atoms. The topological polar surface area (TPSA) is 93.2 Å². The van der Waals surface area contributed by atoms with E-state index >= 15 is 0 Å². The normalized spacial score (nSPS) is 11.8. The minimum atomic E-state index is -0.793. The van der Waals surface area contributed by atoms with Crippen molar-refractivity contribution in [3.63, 3.8) is 0 Å². The number of hydrogen-bond donors (Lipinski definition) is 2. The smallest absolute Gasteiger partial charge is 0.252 e.